The van der Waals surface area contributed by atoms with Crippen molar-refractivity contribution in [3.8, 4) is 5.75 Å². The highest BCUT2D eigenvalue weighted by molar-refractivity contribution is 5.96. The summed E-state index contributed by atoms with van der Waals surface area (Å²) < 4.78 is 18.3. The Labute approximate surface area is 94.4 Å². The van der Waals surface area contributed by atoms with Gasteiger partial charge in [-0.25, -0.2) is 4.39 Å². The summed E-state index contributed by atoms with van der Waals surface area (Å²) in [6.07, 6.45) is 1.81. The Morgan fingerprint density at radius 2 is 2.19 bits per heavy atom. The van der Waals surface area contributed by atoms with Gasteiger partial charge in [0.05, 0.1) is 12.7 Å². The first-order chi connectivity index (χ1) is 7.69. The Bertz CT molecular complexity index is 366. The van der Waals surface area contributed by atoms with E-state index in [0.717, 1.165) is 6.42 Å². The summed E-state index contributed by atoms with van der Waals surface area (Å²) in [5.74, 6) is -0.304. The van der Waals surface area contributed by atoms with Crippen LogP contribution in [-0.4, -0.2) is 19.4 Å². The highest BCUT2D eigenvalue weighted by atomic mass is 19.1. The van der Waals surface area contributed by atoms with Crippen molar-refractivity contribution < 1.29 is 13.9 Å². The number of carbonyl (C=O) groups is 1. The minimum atomic E-state index is -0.530. The number of ketones is 1. The van der Waals surface area contributed by atoms with Crippen molar-refractivity contribution in [2.75, 3.05) is 13.7 Å². The first kappa shape index (κ1) is 12.6. The number of hydrogen-bond donors (Lipinski definition) is 1. The van der Waals surface area contributed by atoms with E-state index >= 15 is 0 Å². The van der Waals surface area contributed by atoms with E-state index in [1.165, 1.54) is 19.2 Å². The third kappa shape index (κ3) is 3.31. The largest absolute Gasteiger partial charge is 0.497 e. The maximum atomic E-state index is 13.5. The van der Waals surface area contributed by atoms with Crippen LogP contribution in [0.5, 0.6) is 5.75 Å². The normalized spacial score (nSPS) is 10.2. The third-order valence-corrected chi connectivity index (χ3v) is 2.33. The summed E-state index contributed by atoms with van der Waals surface area (Å²) in [6, 6.07) is 4.26. The maximum absolute atomic E-state index is 13.5. The predicted molar refractivity (Wildman–Crippen MR) is 60.2 cm³/mol. The highest BCUT2D eigenvalue weighted by Crippen LogP contribution is 2.18. The van der Waals surface area contributed by atoms with Crippen molar-refractivity contribution in [3.63, 3.8) is 0 Å². The van der Waals surface area contributed by atoms with Gasteiger partial charge in [-0.1, -0.05) is 0 Å². The van der Waals surface area contributed by atoms with E-state index in [0.29, 0.717) is 25.1 Å². The molecule has 1 aromatic carbocycles. The summed E-state index contributed by atoms with van der Waals surface area (Å²) >= 11 is 0. The van der Waals surface area contributed by atoms with Gasteiger partial charge in [-0.05, 0) is 31.5 Å². The average molecular weight is 225 g/mol. The van der Waals surface area contributed by atoms with Gasteiger partial charge in [-0.15, -0.1) is 0 Å². The molecular weight excluding hydrogens is 209 g/mol. The summed E-state index contributed by atoms with van der Waals surface area (Å²) in [6.45, 7) is 0.554. The predicted octanol–water partition coefficient (Wildman–Crippen LogP) is 2.15. The second kappa shape index (κ2) is 6.23. The molecule has 0 aliphatic heterocycles. The second-order valence-corrected chi connectivity index (χ2v) is 3.51. The lowest BCUT2D eigenvalue weighted by Crippen LogP contribution is -2.05. The lowest BCUT2D eigenvalue weighted by Gasteiger charge is -2.04. The van der Waals surface area contributed by atoms with Gasteiger partial charge in [0.25, 0.3) is 0 Å². The quantitative estimate of drug-likeness (QED) is 0.596. The number of ether oxygens (including phenoxy) is 1. The standard InChI is InChI=1S/C12H16FNO2/c1-16-9-5-6-10(11(13)8-9)12(15)4-2-3-7-14/h5-6,8H,2-4,7,14H2,1H3. The van der Waals surface area contributed by atoms with E-state index < -0.39 is 5.82 Å². The molecule has 16 heavy (non-hydrogen) atoms. The summed E-state index contributed by atoms with van der Waals surface area (Å²) in [7, 11) is 1.46. The number of benzene rings is 1. The number of carbonyl (C=O) groups excluding carboxylic acids is 1. The van der Waals surface area contributed by atoms with E-state index in [1.807, 2.05) is 0 Å². The summed E-state index contributed by atoms with van der Waals surface area (Å²) in [5.41, 5.74) is 5.44. The van der Waals surface area contributed by atoms with E-state index in [1.54, 1.807) is 6.07 Å². The fourth-order valence-electron chi connectivity index (χ4n) is 1.41. The Morgan fingerprint density at radius 3 is 2.75 bits per heavy atom. The molecule has 0 radical (unpaired) electrons. The summed E-state index contributed by atoms with van der Waals surface area (Å²) in [5, 5.41) is 0. The van der Waals surface area contributed by atoms with Gasteiger partial charge in [0.2, 0.25) is 0 Å². The molecule has 4 heteroatoms. The Kier molecular flexibility index (Phi) is 4.92. The van der Waals surface area contributed by atoms with Gasteiger partial charge in [0.1, 0.15) is 11.6 Å². The molecule has 1 aromatic rings. The van der Waals surface area contributed by atoms with Crippen molar-refractivity contribution >= 4 is 5.78 Å². The third-order valence-electron chi connectivity index (χ3n) is 2.33. The molecule has 0 aliphatic rings. The molecule has 2 N–H and O–H groups in total. The van der Waals surface area contributed by atoms with E-state index in [9.17, 15) is 9.18 Å². The zero-order valence-corrected chi connectivity index (χ0v) is 9.33. The van der Waals surface area contributed by atoms with Gasteiger partial charge in [0, 0.05) is 12.5 Å². The van der Waals surface area contributed by atoms with Gasteiger partial charge >= 0.3 is 0 Å². The SMILES string of the molecule is COc1ccc(C(=O)CCCCN)c(F)c1. The number of hydrogen-bond acceptors (Lipinski definition) is 3. The van der Waals surface area contributed by atoms with Gasteiger partial charge in [0.15, 0.2) is 5.78 Å². The van der Waals surface area contributed by atoms with E-state index in [-0.39, 0.29) is 11.3 Å². The number of halogens is 1. The molecule has 1 rings (SSSR count). The van der Waals surface area contributed by atoms with Crippen LogP contribution in [0, 0.1) is 5.82 Å². The van der Waals surface area contributed by atoms with Gasteiger partial charge in [-0.3, -0.25) is 4.79 Å². The van der Waals surface area contributed by atoms with Crippen molar-refractivity contribution in [3.05, 3.63) is 29.6 Å². The molecule has 0 amide bonds. The van der Waals surface area contributed by atoms with Gasteiger partial charge in [-0.2, -0.15) is 0 Å². The molecular formula is C12H16FNO2. The lowest BCUT2D eigenvalue weighted by atomic mass is 10.0. The van der Waals surface area contributed by atoms with Crippen LogP contribution in [0.3, 0.4) is 0 Å². The first-order valence-electron chi connectivity index (χ1n) is 5.26. The molecule has 0 saturated carbocycles. The molecule has 0 unspecified atom stereocenters. The molecule has 0 atom stereocenters. The van der Waals surface area contributed by atoms with Crippen molar-refractivity contribution in [2.45, 2.75) is 19.3 Å². The second-order valence-electron chi connectivity index (χ2n) is 3.51. The molecule has 0 aromatic heterocycles. The molecule has 0 spiro atoms. The molecule has 0 saturated heterocycles. The number of unbranched alkanes of at least 4 members (excludes halogenated alkanes) is 1. The van der Waals surface area contributed by atoms with Crippen LogP contribution in [0.15, 0.2) is 18.2 Å². The van der Waals surface area contributed by atoms with E-state index in [2.05, 4.69) is 0 Å². The Morgan fingerprint density at radius 1 is 1.44 bits per heavy atom. The number of methoxy groups -OCH3 is 1. The van der Waals surface area contributed by atoms with Crippen LogP contribution in [-0.2, 0) is 0 Å². The maximum Gasteiger partial charge on any atom is 0.165 e. The van der Waals surface area contributed by atoms with Crippen LogP contribution < -0.4 is 10.5 Å². The number of Topliss-reactive ketones (excluding diaryl/α,β-unsaturated/α-hetero) is 1. The lowest BCUT2D eigenvalue weighted by molar-refractivity contribution is 0.0975. The molecule has 0 fully saturated rings. The minimum absolute atomic E-state index is 0.123. The van der Waals surface area contributed by atoms with Crippen molar-refractivity contribution in [2.24, 2.45) is 5.73 Å². The van der Waals surface area contributed by atoms with Crippen LogP contribution in [0.25, 0.3) is 0 Å². The molecule has 0 aliphatic carbocycles. The first-order valence-corrected chi connectivity index (χ1v) is 5.26. The average Bonchev–Trinajstić information content (AvgIpc) is 2.29. The molecule has 0 bridgehead atoms. The molecule has 0 heterocycles. The van der Waals surface area contributed by atoms with Crippen molar-refractivity contribution in [1.82, 2.24) is 0 Å². The monoisotopic (exact) mass is 225 g/mol. The highest BCUT2D eigenvalue weighted by Gasteiger charge is 2.11. The fourth-order valence-corrected chi connectivity index (χ4v) is 1.41. The number of rotatable bonds is 6. The Balaban J connectivity index is 2.68. The van der Waals surface area contributed by atoms with Crippen LogP contribution >= 0.6 is 0 Å². The molecule has 3 nitrogen and oxygen atoms in total. The fraction of sp³-hybridized carbons (Fsp3) is 0.417. The van der Waals surface area contributed by atoms with Crippen LogP contribution in [0.2, 0.25) is 0 Å². The minimum Gasteiger partial charge on any atom is -0.497 e. The topological polar surface area (TPSA) is 52.3 Å². The van der Waals surface area contributed by atoms with Crippen LogP contribution in [0.1, 0.15) is 29.6 Å². The van der Waals surface area contributed by atoms with E-state index in [4.69, 9.17) is 10.5 Å². The smallest absolute Gasteiger partial charge is 0.165 e. The molecule has 88 valence electrons. The van der Waals surface area contributed by atoms with Crippen molar-refractivity contribution in [1.29, 1.82) is 0 Å². The zero-order chi connectivity index (χ0) is 12.0. The van der Waals surface area contributed by atoms with Crippen LogP contribution in [0.4, 0.5) is 4.39 Å². The summed E-state index contributed by atoms with van der Waals surface area (Å²) in [4.78, 5) is 11.6. The number of nitrogens with two attached hydrogens (primary N) is 1. The Hall–Kier alpha value is -1.42. The zero-order valence-electron chi connectivity index (χ0n) is 9.33. The van der Waals surface area contributed by atoms with Gasteiger partial charge < -0.3 is 10.5 Å².